The van der Waals surface area contributed by atoms with Crippen LogP contribution in [0.2, 0.25) is 0 Å². The quantitative estimate of drug-likeness (QED) is 0.609. The Bertz CT molecular complexity index is 1230. The van der Waals surface area contributed by atoms with Crippen molar-refractivity contribution in [2.75, 3.05) is 30.4 Å². The van der Waals surface area contributed by atoms with Crippen LogP contribution in [0.5, 0.6) is 11.5 Å². The number of ether oxygens (including phenoxy) is 2. The van der Waals surface area contributed by atoms with Crippen LogP contribution in [0.3, 0.4) is 0 Å². The highest BCUT2D eigenvalue weighted by atomic mass is 32.2. The summed E-state index contributed by atoms with van der Waals surface area (Å²) in [7, 11) is -0.770. The van der Waals surface area contributed by atoms with E-state index in [2.05, 4.69) is 5.32 Å². The van der Waals surface area contributed by atoms with Crippen molar-refractivity contribution in [2.24, 2.45) is 0 Å². The van der Waals surface area contributed by atoms with Gasteiger partial charge in [-0.05, 0) is 42.7 Å². The molecule has 0 saturated carbocycles. The van der Waals surface area contributed by atoms with E-state index in [0.29, 0.717) is 29.4 Å². The van der Waals surface area contributed by atoms with Gasteiger partial charge in [0.1, 0.15) is 11.5 Å². The lowest BCUT2D eigenvalue weighted by atomic mass is 10.0. The number of hydrogen-bond acceptors (Lipinski definition) is 5. The highest BCUT2D eigenvalue weighted by Gasteiger charge is 2.29. The largest absolute Gasteiger partial charge is 0.497 e. The second-order valence-electron chi connectivity index (χ2n) is 7.39. The zero-order valence-electron chi connectivity index (χ0n) is 17.9. The molecule has 0 spiro atoms. The minimum absolute atomic E-state index is 0.0741. The zero-order chi connectivity index (χ0) is 22.7. The first-order valence-corrected chi connectivity index (χ1v) is 11.6. The SMILES string of the molecule is COc1cc(NC(=O)c2cccc(S(=O)(=O)N3CCCc4ccccc43)c2)cc(OC)c1. The van der Waals surface area contributed by atoms with Gasteiger partial charge in [0.25, 0.3) is 15.9 Å². The average Bonchev–Trinajstić information content (AvgIpc) is 2.83. The second kappa shape index (κ2) is 8.92. The van der Waals surface area contributed by atoms with E-state index in [4.69, 9.17) is 9.47 Å². The third-order valence-corrected chi connectivity index (χ3v) is 7.17. The van der Waals surface area contributed by atoms with E-state index in [1.807, 2.05) is 24.3 Å². The summed E-state index contributed by atoms with van der Waals surface area (Å²) in [6.45, 7) is 0.402. The smallest absolute Gasteiger partial charge is 0.264 e. The molecule has 3 aromatic rings. The molecule has 0 unspecified atom stereocenters. The highest BCUT2D eigenvalue weighted by Crippen LogP contribution is 2.32. The Morgan fingerprint density at radius 3 is 2.38 bits per heavy atom. The zero-order valence-corrected chi connectivity index (χ0v) is 18.7. The monoisotopic (exact) mass is 452 g/mol. The van der Waals surface area contributed by atoms with Crippen LogP contribution in [0.1, 0.15) is 22.3 Å². The molecule has 0 aliphatic carbocycles. The number of fused-ring (bicyclic) bond motifs is 1. The first kappa shape index (κ1) is 21.7. The molecule has 1 aliphatic heterocycles. The van der Waals surface area contributed by atoms with E-state index in [0.717, 1.165) is 18.4 Å². The molecular weight excluding hydrogens is 428 g/mol. The van der Waals surface area contributed by atoms with Gasteiger partial charge in [0.15, 0.2) is 0 Å². The average molecular weight is 453 g/mol. The fourth-order valence-electron chi connectivity index (χ4n) is 3.76. The maximum Gasteiger partial charge on any atom is 0.264 e. The van der Waals surface area contributed by atoms with Crippen molar-refractivity contribution >= 4 is 27.3 Å². The standard InChI is InChI=1S/C24H24N2O5S/c1-30-20-14-19(15-21(16-20)31-2)25-24(27)18-8-5-10-22(13-18)32(28,29)26-12-6-9-17-7-3-4-11-23(17)26/h3-5,7-8,10-11,13-16H,6,9,12H2,1-2H3,(H,25,27). The number of hydrogen-bond donors (Lipinski definition) is 1. The Kier molecular flexibility index (Phi) is 6.05. The van der Waals surface area contributed by atoms with Crippen molar-refractivity contribution in [3.8, 4) is 11.5 Å². The van der Waals surface area contributed by atoms with Crippen LogP contribution in [0.4, 0.5) is 11.4 Å². The summed E-state index contributed by atoms with van der Waals surface area (Å²) < 4.78 is 38.7. The van der Waals surface area contributed by atoms with Crippen molar-refractivity contribution in [3.05, 3.63) is 77.9 Å². The molecule has 32 heavy (non-hydrogen) atoms. The van der Waals surface area contributed by atoms with E-state index in [9.17, 15) is 13.2 Å². The first-order valence-electron chi connectivity index (χ1n) is 10.2. The summed E-state index contributed by atoms with van der Waals surface area (Å²) in [4.78, 5) is 12.9. The third kappa shape index (κ3) is 4.27. The highest BCUT2D eigenvalue weighted by molar-refractivity contribution is 7.92. The van der Waals surface area contributed by atoms with Gasteiger partial charge in [0.05, 0.1) is 24.8 Å². The summed E-state index contributed by atoms with van der Waals surface area (Å²) in [5.41, 5.74) is 2.41. The molecular formula is C24H24N2O5S. The number of methoxy groups -OCH3 is 2. The van der Waals surface area contributed by atoms with Gasteiger partial charge in [0.2, 0.25) is 0 Å². The molecule has 7 nitrogen and oxygen atoms in total. The van der Waals surface area contributed by atoms with Crippen molar-refractivity contribution in [2.45, 2.75) is 17.7 Å². The fraction of sp³-hybridized carbons (Fsp3) is 0.208. The molecule has 1 heterocycles. The van der Waals surface area contributed by atoms with Crippen LogP contribution in [0.15, 0.2) is 71.6 Å². The van der Waals surface area contributed by atoms with Crippen LogP contribution in [-0.4, -0.2) is 35.1 Å². The molecule has 0 fully saturated rings. The number of para-hydroxylation sites is 1. The summed E-state index contributed by atoms with van der Waals surface area (Å²) >= 11 is 0. The van der Waals surface area contributed by atoms with Gasteiger partial charge >= 0.3 is 0 Å². The van der Waals surface area contributed by atoms with Crippen molar-refractivity contribution < 1.29 is 22.7 Å². The Morgan fingerprint density at radius 2 is 1.66 bits per heavy atom. The fourth-order valence-corrected chi connectivity index (χ4v) is 5.34. The van der Waals surface area contributed by atoms with Crippen LogP contribution >= 0.6 is 0 Å². The van der Waals surface area contributed by atoms with Crippen LogP contribution in [-0.2, 0) is 16.4 Å². The number of benzene rings is 3. The molecule has 0 bridgehead atoms. The van der Waals surface area contributed by atoms with E-state index in [1.54, 1.807) is 30.3 Å². The van der Waals surface area contributed by atoms with Gasteiger partial charge in [-0.3, -0.25) is 9.10 Å². The van der Waals surface area contributed by atoms with Gasteiger partial charge in [-0.1, -0.05) is 24.3 Å². The molecule has 8 heteroatoms. The number of anilines is 2. The predicted molar refractivity (Wildman–Crippen MR) is 123 cm³/mol. The summed E-state index contributed by atoms with van der Waals surface area (Å²) in [5.74, 6) is 0.621. The van der Waals surface area contributed by atoms with E-state index in [1.165, 1.54) is 30.7 Å². The van der Waals surface area contributed by atoms with Gasteiger partial charge in [-0.15, -0.1) is 0 Å². The lowest BCUT2D eigenvalue weighted by Gasteiger charge is -2.30. The first-order chi connectivity index (χ1) is 15.4. The number of amides is 1. The van der Waals surface area contributed by atoms with Gasteiger partial charge in [-0.25, -0.2) is 8.42 Å². The number of aryl methyl sites for hydroxylation is 1. The second-order valence-corrected chi connectivity index (χ2v) is 9.26. The molecule has 166 valence electrons. The molecule has 1 amide bonds. The molecule has 4 rings (SSSR count). The Morgan fingerprint density at radius 1 is 0.938 bits per heavy atom. The number of nitrogens with zero attached hydrogens (tertiary/aromatic N) is 1. The lowest BCUT2D eigenvalue weighted by molar-refractivity contribution is 0.102. The lowest BCUT2D eigenvalue weighted by Crippen LogP contribution is -2.35. The normalized spacial score (nSPS) is 13.2. The number of nitrogens with one attached hydrogen (secondary N) is 1. The Hall–Kier alpha value is -3.52. The molecule has 1 N–H and O–H groups in total. The number of carbonyl (C=O) groups excluding carboxylic acids is 1. The number of carbonyl (C=O) groups is 1. The minimum atomic E-state index is -3.81. The molecule has 0 atom stereocenters. The predicted octanol–water partition coefficient (Wildman–Crippen LogP) is 4.10. The van der Waals surface area contributed by atoms with Gasteiger partial charge < -0.3 is 14.8 Å². The van der Waals surface area contributed by atoms with E-state index in [-0.39, 0.29) is 10.5 Å². The Labute approximate surface area is 187 Å². The number of rotatable bonds is 6. The van der Waals surface area contributed by atoms with Gasteiger partial charge in [-0.2, -0.15) is 0 Å². The molecule has 0 radical (unpaired) electrons. The van der Waals surface area contributed by atoms with Crippen molar-refractivity contribution in [3.63, 3.8) is 0 Å². The van der Waals surface area contributed by atoms with Crippen LogP contribution in [0, 0.1) is 0 Å². The maximum absolute atomic E-state index is 13.4. The van der Waals surface area contributed by atoms with E-state index < -0.39 is 15.9 Å². The van der Waals surface area contributed by atoms with Crippen molar-refractivity contribution in [1.29, 1.82) is 0 Å². The topological polar surface area (TPSA) is 84.9 Å². The molecule has 0 aromatic heterocycles. The Balaban J connectivity index is 1.62. The third-order valence-electron chi connectivity index (χ3n) is 5.36. The minimum Gasteiger partial charge on any atom is -0.497 e. The van der Waals surface area contributed by atoms with Gasteiger partial charge in [0, 0.05) is 36.0 Å². The molecule has 1 aliphatic rings. The molecule has 0 saturated heterocycles. The van der Waals surface area contributed by atoms with E-state index >= 15 is 0 Å². The number of sulfonamides is 1. The maximum atomic E-state index is 13.4. The van der Waals surface area contributed by atoms with Crippen LogP contribution < -0.4 is 19.1 Å². The summed E-state index contributed by atoms with van der Waals surface area (Å²) in [5, 5.41) is 2.77. The van der Waals surface area contributed by atoms with Crippen LogP contribution in [0.25, 0.3) is 0 Å². The summed E-state index contributed by atoms with van der Waals surface area (Å²) in [6, 6.07) is 18.6. The van der Waals surface area contributed by atoms with Crippen molar-refractivity contribution in [1.82, 2.24) is 0 Å². The summed E-state index contributed by atoms with van der Waals surface area (Å²) in [6.07, 6.45) is 1.59. The molecule has 3 aromatic carbocycles.